The first kappa shape index (κ1) is 27.7. The number of aliphatic carboxylic acids is 1. The minimum Gasteiger partial charge on any atom is -0.550 e. The second-order valence-electron chi connectivity index (χ2n) is 11.8. The maximum absolute atomic E-state index is 13.3. The summed E-state index contributed by atoms with van der Waals surface area (Å²) < 4.78 is 5.51. The monoisotopic (exact) mass is 527 g/mol. The predicted molar refractivity (Wildman–Crippen MR) is 139 cm³/mol. The summed E-state index contributed by atoms with van der Waals surface area (Å²) in [5.74, 6) is -0.563. The van der Waals surface area contributed by atoms with Crippen LogP contribution in [0.2, 0.25) is 0 Å². The molecule has 10 heteroatoms. The molecule has 208 valence electrons. The fraction of sp³-hybridized carbons (Fsp3) is 0.643. The van der Waals surface area contributed by atoms with Crippen molar-refractivity contribution in [1.29, 1.82) is 0 Å². The molecule has 3 heterocycles. The number of carboxylic acids is 1. The molecule has 4 rings (SSSR count). The molecule has 1 aromatic carbocycles. The first-order chi connectivity index (χ1) is 17.9. The average molecular weight is 528 g/mol. The van der Waals surface area contributed by atoms with Gasteiger partial charge in [-0.15, -0.1) is 0 Å². The molecule has 2 fully saturated rings. The molecule has 0 aliphatic carbocycles. The quantitative estimate of drug-likeness (QED) is 0.636. The highest BCUT2D eigenvalue weighted by molar-refractivity contribution is 5.96. The maximum Gasteiger partial charge on any atom is 0.410 e. The van der Waals surface area contributed by atoms with Gasteiger partial charge in [-0.2, -0.15) is 0 Å². The number of carbonyl (C=O) groups is 4. The van der Waals surface area contributed by atoms with Crippen LogP contribution in [-0.4, -0.2) is 83.4 Å². The molecule has 2 saturated heterocycles. The van der Waals surface area contributed by atoms with Crippen molar-refractivity contribution in [1.82, 2.24) is 14.7 Å². The van der Waals surface area contributed by atoms with Gasteiger partial charge in [0.25, 0.3) is 5.91 Å². The van der Waals surface area contributed by atoms with Gasteiger partial charge in [0, 0.05) is 63.4 Å². The third kappa shape index (κ3) is 6.57. The molecule has 38 heavy (non-hydrogen) atoms. The topological polar surface area (TPSA) is 122 Å². The number of fused-ring (bicyclic) bond motifs is 1. The number of carboxylic acid groups (broad SMARTS) is 1. The van der Waals surface area contributed by atoms with Crippen LogP contribution in [0.1, 0.15) is 68.8 Å². The first-order valence-electron chi connectivity index (χ1n) is 13.5. The van der Waals surface area contributed by atoms with Crippen molar-refractivity contribution in [3.8, 4) is 0 Å². The second-order valence-corrected chi connectivity index (χ2v) is 11.8. The molecule has 3 aliphatic heterocycles. The lowest BCUT2D eigenvalue weighted by Crippen LogP contribution is -2.45. The van der Waals surface area contributed by atoms with Crippen LogP contribution in [-0.2, 0) is 20.9 Å². The van der Waals surface area contributed by atoms with Gasteiger partial charge >= 0.3 is 6.09 Å². The number of nitrogens with zero attached hydrogens (tertiary/aromatic N) is 3. The molecule has 0 spiro atoms. The van der Waals surface area contributed by atoms with E-state index in [4.69, 9.17) is 4.74 Å². The van der Waals surface area contributed by atoms with Crippen LogP contribution in [0.4, 0.5) is 10.5 Å². The van der Waals surface area contributed by atoms with E-state index in [0.717, 1.165) is 31.2 Å². The van der Waals surface area contributed by atoms with Gasteiger partial charge in [0.15, 0.2) is 0 Å². The number of piperidine rings is 2. The Labute approximate surface area is 224 Å². The van der Waals surface area contributed by atoms with Crippen molar-refractivity contribution in [2.24, 2.45) is 11.8 Å². The van der Waals surface area contributed by atoms with E-state index in [1.54, 1.807) is 30.1 Å². The molecule has 3 amide bonds. The molecule has 1 atom stereocenters. The summed E-state index contributed by atoms with van der Waals surface area (Å²) >= 11 is 0. The largest absolute Gasteiger partial charge is 0.550 e. The normalized spacial score (nSPS) is 21.4. The maximum atomic E-state index is 13.3. The standard InChI is InChI=1S/C28H40N4O6/c1-28(2,3)38-27(37)32-13-9-19(10-14-32)18-7-11-31(12-8-18)25(35)20-5-6-22-21(15-20)17-30(4)26(36)23(29-22)16-24(33)34/h5-6,15,18-19,23,29H,7-14,16-17H2,1-4H3,(H,33,34)/p-1. The van der Waals surface area contributed by atoms with Crippen molar-refractivity contribution in [2.45, 2.75) is 71.1 Å². The molecule has 1 unspecified atom stereocenters. The van der Waals surface area contributed by atoms with Crippen molar-refractivity contribution in [2.75, 3.05) is 38.5 Å². The third-order valence-electron chi connectivity index (χ3n) is 7.82. The van der Waals surface area contributed by atoms with Gasteiger partial charge in [-0.05, 0) is 82.1 Å². The summed E-state index contributed by atoms with van der Waals surface area (Å²) in [4.78, 5) is 54.5. The molecule has 0 aromatic heterocycles. The third-order valence-corrected chi connectivity index (χ3v) is 7.82. The first-order valence-corrected chi connectivity index (χ1v) is 13.5. The molecule has 1 aromatic rings. The summed E-state index contributed by atoms with van der Waals surface area (Å²) in [6.07, 6.45) is 3.15. The molecule has 10 nitrogen and oxygen atoms in total. The Morgan fingerprint density at radius 2 is 1.58 bits per heavy atom. The summed E-state index contributed by atoms with van der Waals surface area (Å²) in [5, 5.41) is 14.1. The molecule has 3 aliphatic rings. The lowest BCUT2D eigenvalue weighted by Gasteiger charge is -2.40. The van der Waals surface area contributed by atoms with Gasteiger partial charge < -0.3 is 34.7 Å². The van der Waals surface area contributed by atoms with E-state index in [9.17, 15) is 24.3 Å². The zero-order valence-electron chi connectivity index (χ0n) is 22.8. The predicted octanol–water partition coefficient (Wildman–Crippen LogP) is 2.08. The summed E-state index contributed by atoms with van der Waals surface area (Å²) in [7, 11) is 1.62. The second kappa shape index (κ2) is 11.2. The smallest absolute Gasteiger partial charge is 0.410 e. The Bertz CT molecular complexity index is 1070. The number of likely N-dealkylation sites (N-methyl/N-ethyl adjacent to an activating group) is 1. The molecule has 0 bridgehead atoms. The molecule has 0 saturated carbocycles. The highest BCUT2D eigenvalue weighted by atomic mass is 16.6. The van der Waals surface area contributed by atoms with Crippen molar-refractivity contribution >= 4 is 29.6 Å². The highest BCUT2D eigenvalue weighted by Crippen LogP contribution is 2.34. The number of ether oxygens (including phenoxy) is 1. The average Bonchev–Trinajstić information content (AvgIpc) is 2.98. The van der Waals surface area contributed by atoms with Crippen LogP contribution < -0.4 is 10.4 Å². The van der Waals surface area contributed by atoms with E-state index in [1.807, 2.05) is 25.7 Å². The summed E-state index contributed by atoms with van der Waals surface area (Å²) in [6.45, 7) is 8.73. The Balaban J connectivity index is 1.31. The minimum absolute atomic E-state index is 0.0319. The SMILES string of the molecule is CN1Cc2cc(C(=O)N3CCC(C4CCN(C(=O)OC(C)(C)C)CC4)CC3)ccc2NC(CC(=O)[O-])C1=O. The number of rotatable bonds is 4. The number of hydrogen-bond acceptors (Lipinski definition) is 7. The number of benzene rings is 1. The van der Waals surface area contributed by atoms with E-state index in [1.165, 1.54) is 4.90 Å². The lowest BCUT2D eigenvalue weighted by atomic mass is 9.79. The fourth-order valence-electron chi connectivity index (χ4n) is 5.79. The number of hydrogen-bond donors (Lipinski definition) is 1. The van der Waals surface area contributed by atoms with Crippen LogP contribution in [0.15, 0.2) is 18.2 Å². The van der Waals surface area contributed by atoms with Crippen LogP contribution in [0.25, 0.3) is 0 Å². The van der Waals surface area contributed by atoms with Gasteiger partial charge in [-0.1, -0.05) is 0 Å². The van der Waals surface area contributed by atoms with Crippen LogP contribution >= 0.6 is 0 Å². The minimum atomic E-state index is -1.29. The zero-order chi connectivity index (χ0) is 27.6. The molecular weight excluding hydrogens is 488 g/mol. The zero-order valence-corrected chi connectivity index (χ0v) is 22.8. The van der Waals surface area contributed by atoms with Crippen molar-refractivity contribution in [3.63, 3.8) is 0 Å². The summed E-state index contributed by atoms with van der Waals surface area (Å²) in [6, 6.07) is 4.39. The van der Waals surface area contributed by atoms with Gasteiger partial charge in [-0.25, -0.2) is 4.79 Å². The van der Waals surface area contributed by atoms with Crippen LogP contribution in [0, 0.1) is 11.8 Å². The van der Waals surface area contributed by atoms with Crippen molar-refractivity contribution in [3.05, 3.63) is 29.3 Å². The number of nitrogens with one attached hydrogen (secondary N) is 1. The van der Waals surface area contributed by atoms with Gasteiger partial charge in [-0.3, -0.25) is 9.59 Å². The number of likely N-dealkylation sites (tertiary alicyclic amines) is 2. The summed E-state index contributed by atoms with van der Waals surface area (Å²) in [5.41, 5.74) is 1.50. The van der Waals surface area contributed by atoms with Crippen molar-refractivity contribution < 1.29 is 29.0 Å². The van der Waals surface area contributed by atoms with Gasteiger partial charge in [0.05, 0.1) is 0 Å². The van der Waals surface area contributed by atoms with Gasteiger partial charge in [0.2, 0.25) is 5.91 Å². The van der Waals surface area contributed by atoms with Crippen LogP contribution in [0.3, 0.4) is 0 Å². The lowest BCUT2D eigenvalue weighted by molar-refractivity contribution is -0.305. The molecule has 0 radical (unpaired) electrons. The fourth-order valence-corrected chi connectivity index (χ4v) is 5.79. The Hall–Kier alpha value is -3.30. The van der Waals surface area contributed by atoms with E-state index >= 15 is 0 Å². The highest BCUT2D eigenvalue weighted by Gasteiger charge is 2.34. The Kier molecular flexibility index (Phi) is 8.18. The molecular formula is C28H39N4O6-. The Morgan fingerprint density at radius 1 is 1.00 bits per heavy atom. The molecule has 1 N–H and O–H groups in total. The Morgan fingerprint density at radius 3 is 2.13 bits per heavy atom. The van der Waals surface area contributed by atoms with Crippen LogP contribution in [0.5, 0.6) is 0 Å². The van der Waals surface area contributed by atoms with E-state index in [2.05, 4.69) is 5.32 Å². The number of anilines is 1. The van der Waals surface area contributed by atoms with E-state index in [-0.39, 0.29) is 24.5 Å². The number of carbonyl (C=O) groups excluding carboxylic acids is 4. The van der Waals surface area contributed by atoms with E-state index < -0.39 is 24.0 Å². The van der Waals surface area contributed by atoms with E-state index in [0.29, 0.717) is 49.3 Å². The number of amides is 3. The van der Waals surface area contributed by atoms with Gasteiger partial charge in [0.1, 0.15) is 11.6 Å².